The molecule has 0 aliphatic heterocycles. The minimum Gasteiger partial charge on any atom is -0.496 e. The van der Waals surface area contributed by atoms with Crippen LogP contribution in [0.25, 0.3) is 0 Å². The van der Waals surface area contributed by atoms with E-state index in [-0.39, 0.29) is 10.8 Å². The molecule has 0 aromatic heterocycles. The summed E-state index contributed by atoms with van der Waals surface area (Å²) in [6, 6.07) is 6.59. The normalized spacial score (nSPS) is 12.6. The molecular weight excluding hydrogens is 208 g/mol. The molecular formula is C16H26O. The van der Waals surface area contributed by atoms with Crippen LogP contribution in [0, 0.1) is 5.41 Å². The molecule has 1 rings (SSSR count). The van der Waals surface area contributed by atoms with Crippen LogP contribution in [0.4, 0.5) is 0 Å². The highest BCUT2D eigenvalue weighted by molar-refractivity contribution is 5.40. The van der Waals surface area contributed by atoms with Gasteiger partial charge in [0.2, 0.25) is 0 Å². The quantitative estimate of drug-likeness (QED) is 0.743. The van der Waals surface area contributed by atoms with Gasteiger partial charge in [-0.2, -0.15) is 0 Å². The predicted molar refractivity (Wildman–Crippen MR) is 74.9 cm³/mol. The molecule has 0 aliphatic carbocycles. The Kier molecular flexibility index (Phi) is 3.91. The molecule has 17 heavy (non-hydrogen) atoms. The predicted octanol–water partition coefficient (Wildman–Crippen LogP) is 4.58. The third-order valence-corrected chi connectivity index (χ3v) is 4.26. The average molecular weight is 234 g/mol. The van der Waals surface area contributed by atoms with Crippen molar-refractivity contribution >= 4 is 0 Å². The summed E-state index contributed by atoms with van der Waals surface area (Å²) in [4.78, 5) is 0. The van der Waals surface area contributed by atoms with Gasteiger partial charge in [-0.05, 0) is 34.4 Å². The van der Waals surface area contributed by atoms with E-state index in [9.17, 15) is 0 Å². The van der Waals surface area contributed by atoms with E-state index in [0.29, 0.717) is 0 Å². The molecule has 96 valence electrons. The molecule has 1 aromatic carbocycles. The van der Waals surface area contributed by atoms with Gasteiger partial charge in [0.05, 0.1) is 7.11 Å². The maximum absolute atomic E-state index is 5.39. The Morgan fingerprint density at radius 1 is 1.06 bits per heavy atom. The zero-order chi connectivity index (χ0) is 13.3. The van der Waals surface area contributed by atoms with Crippen molar-refractivity contribution in [1.82, 2.24) is 0 Å². The van der Waals surface area contributed by atoms with E-state index in [1.54, 1.807) is 7.11 Å². The number of benzene rings is 1. The van der Waals surface area contributed by atoms with Gasteiger partial charge in [0.1, 0.15) is 5.75 Å². The van der Waals surface area contributed by atoms with Crippen molar-refractivity contribution in [2.45, 2.75) is 53.4 Å². The molecule has 1 heteroatoms. The molecule has 0 bridgehead atoms. The van der Waals surface area contributed by atoms with E-state index in [1.807, 2.05) is 0 Å². The SMILES string of the molecule is CCc1cc(C(C)(C)C(C)(C)C)ccc1OC. The van der Waals surface area contributed by atoms with E-state index in [0.717, 1.165) is 12.2 Å². The van der Waals surface area contributed by atoms with Crippen LogP contribution in [-0.4, -0.2) is 7.11 Å². The summed E-state index contributed by atoms with van der Waals surface area (Å²) >= 11 is 0. The highest BCUT2D eigenvalue weighted by Crippen LogP contribution is 2.41. The molecule has 0 spiro atoms. The summed E-state index contributed by atoms with van der Waals surface area (Å²) < 4.78 is 5.39. The number of aryl methyl sites for hydroxylation is 1. The number of hydrogen-bond donors (Lipinski definition) is 0. The summed E-state index contributed by atoms with van der Waals surface area (Å²) in [5.74, 6) is 1.00. The first kappa shape index (κ1) is 14.1. The van der Waals surface area contributed by atoms with Gasteiger partial charge in [-0.15, -0.1) is 0 Å². The van der Waals surface area contributed by atoms with Crippen LogP contribution in [0.1, 0.15) is 52.7 Å². The van der Waals surface area contributed by atoms with Gasteiger partial charge in [0.25, 0.3) is 0 Å². The summed E-state index contributed by atoms with van der Waals surface area (Å²) in [5, 5.41) is 0. The lowest BCUT2D eigenvalue weighted by Gasteiger charge is -2.39. The topological polar surface area (TPSA) is 9.23 Å². The number of methoxy groups -OCH3 is 1. The number of ether oxygens (including phenoxy) is 1. The van der Waals surface area contributed by atoms with Crippen LogP contribution in [0.15, 0.2) is 18.2 Å². The first-order valence-electron chi connectivity index (χ1n) is 6.41. The first-order chi connectivity index (χ1) is 7.74. The summed E-state index contributed by atoms with van der Waals surface area (Å²) in [6.07, 6.45) is 1.01. The number of hydrogen-bond acceptors (Lipinski definition) is 1. The van der Waals surface area contributed by atoms with E-state index in [4.69, 9.17) is 4.74 Å². The monoisotopic (exact) mass is 234 g/mol. The van der Waals surface area contributed by atoms with Crippen LogP contribution in [0.2, 0.25) is 0 Å². The van der Waals surface area contributed by atoms with E-state index in [2.05, 4.69) is 59.7 Å². The van der Waals surface area contributed by atoms with Gasteiger partial charge >= 0.3 is 0 Å². The van der Waals surface area contributed by atoms with E-state index >= 15 is 0 Å². The molecule has 0 radical (unpaired) electrons. The third kappa shape index (κ3) is 2.65. The van der Waals surface area contributed by atoms with Gasteiger partial charge < -0.3 is 4.74 Å². The fraction of sp³-hybridized carbons (Fsp3) is 0.625. The molecule has 0 fully saturated rings. The molecule has 1 nitrogen and oxygen atoms in total. The lowest BCUT2D eigenvalue weighted by atomic mass is 9.65. The third-order valence-electron chi connectivity index (χ3n) is 4.26. The molecule has 0 aliphatic rings. The Balaban J connectivity index is 3.25. The molecule has 0 N–H and O–H groups in total. The second-order valence-electron chi connectivity index (χ2n) is 6.26. The lowest BCUT2D eigenvalue weighted by Crippen LogP contribution is -2.34. The second-order valence-corrected chi connectivity index (χ2v) is 6.26. The highest BCUT2D eigenvalue weighted by Gasteiger charge is 2.34. The zero-order valence-electron chi connectivity index (χ0n) is 12.3. The standard InChI is InChI=1S/C16H26O/c1-8-12-11-13(9-10-14(12)17-7)16(5,6)15(2,3)4/h9-11H,8H2,1-7H3. The van der Waals surface area contributed by atoms with Crippen molar-refractivity contribution in [2.75, 3.05) is 7.11 Å². The summed E-state index contributed by atoms with van der Waals surface area (Å²) in [5.41, 5.74) is 3.08. The second kappa shape index (κ2) is 4.72. The van der Waals surface area contributed by atoms with Crippen LogP contribution in [0.5, 0.6) is 5.75 Å². The zero-order valence-corrected chi connectivity index (χ0v) is 12.3. The maximum Gasteiger partial charge on any atom is 0.122 e. The van der Waals surface area contributed by atoms with Gasteiger partial charge in [-0.25, -0.2) is 0 Å². The molecule has 0 atom stereocenters. The molecule has 0 saturated heterocycles. The molecule has 0 amide bonds. The van der Waals surface area contributed by atoms with Crippen molar-refractivity contribution in [3.63, 3.8) is 0 Å². The summed E-state index contributed by atoms with van der Waals surface area (Å²) in [6.45, 7) is 13.7. The molecule has 0 unspecified atom stereocenters. The van der Waals surface area contributed by atoms with Crippen LogP contribution >= 0.6 is 0 Å². The summed E-state index contributed by atoms with van der Waals surface area (Å²) in [7, 11) is 1.74. The number of rotatable bonds is 3. The highest BCUT2D eigenvalue weighted by atomic mass is 16.5. The fourth-order valence-corrected chi connectivity index (χ4v) is 1.88. The smallest absolute Gasteiger partial charge is 0.122 e. The Morgan fingerprint density at radius 2 is 1.65 bits per heavy atom. The molecule has 0 saturated carbocycles. The van der Waals surface area contributed by atoms with Crippen molar-refractivity contribution in [2.24, 2.45) is 5.41 Å². The van der Waals surface area contributed by atoms with Gasteiger partial charge in [-0.1, -0.05) is 53.7 Å². The minimum absolute atomic E-state index is 0.156. The Hall–Kier alpha value is -0.980. The Morgan fingerprint density at radius 3 is 2.06 bits per heavy atom. The lowest BCUT2D eigenvalue weighted by molar-refractivity contribution is 0.225. The van der Waals surface area contributed by atoms with Gasteiger partial charge in [0.15, 0.2) is 0 Å². The average Bonchev–Trinajstić information content (AvgIpc) is 2.26. The first-order valence-corrected chi connectivity index (χ1v) is 6.41. The van der Waals surface area contributed by atoms with E-state index in [1.165, 1.54) is 11.1 Å². The van der Waals surface area contributed by atoms with Gasteiger partial charge in [-0.3, -0.25) is 0 Å². The molecule has 1 aromatic rings. The van der Waals surface area contributed by atoms with Gasteiger partial charge in [0, 0.05) is 0 Å². The Bertz CT molecular complexity index is 383. The van der Waals surface area contributed by atoms with Crippen molar-refractivity contribution in [3.8, 4) is 5.75 Å². The largest absolute Gasteiger partial charge is 0.496 e. The fourth-order valence-electron chi connectivity index (χ4n) is 1.88. The van der Waals surface area contributed by atoms with Crippen molar-refractivity contribution in [1.29, 1.82) is 0 Å². The molecule has 0 heterocycles. The Labute approximate surface area is 106 Å². The van der Waals surface area contributed by atoms with Crippen LogP contribution in [-0.2, 0) is 11.8 Å². The minimum atomic E-state index is 0.156. The van der Waals surface area contributed by atoms with Crippen molar-refractivity contribution < 1.29 is 4.74 Å². The van der Waals surface area contributed by atoms with Crippen molar-refractivity contribution in [3.05, 3.63) is 29.3 Å². The van der Waals surface area contributed by atoms with Crippen LogP contribution in [0.3, 0.4) is 0 Å². The van der Waals surface area contributed by atoms with Crippen LogP contribution < -0.4 is 4.74 Å². The van der Waals surface area contributed by atoms with E-state index < -0.39 is 0 Å². The maximum atomic E-state index is 5.39.